The number of rotatable bonds is 8. The standard InChI is InChI=1S/C33H33N3O7/c1-5-34(6-2)21-10-13-24-27(18-21)41-28-19-22(35(7-3)8-4)11-14-25(28)33(24)26-17-20(9-12-23(26)32(40)42-33)31(39)43-36-29(37)15-16-30(36)38/h9-14,17-19H,5-8,15-16H2,1-4H3. The summed E-state index contributed by atoms with van der Waals surface area (Å²) in [4.78, 5) is 60.4. The minimum Gasteiger partial charge on any atom is -0.456 e. The molecule has 3 heterocycles. The molecule has 1 saturated heterocycles. The molecular formula is C33H33N3O7. The van der Waals surface area contributed by atoms with Gasteiger partial charge in [0.1, 0.15) is 11.5 Å². The predicted molar refractivity (Wildman–Crippen MR) is 158 cm³/mol. The molecule has 0 atom stereocenters. The normalized spacial score (nSPS) is 15.9. The third-order valence-electron chi connectivity index (χ3n) is 8.45. The monoisotopic (exact) mass is 583 g/mol. The molecule has 1 spiro atoms. The number of imide groups is 1. The largest absolute Gasteiger partial charge is 0.456 e. The molecule has 0 unspecified atom stereocenters. The van der Waals surface area contributed by atoms with E-state index in [1.807, 2.05) is 36.4 Å². The van der Waals surface area contributed by atoms with E-state index in [0.717, 1.165) is 37.6 Å². The zero-order valence-electron chi connectivity index (χ0n) is 24.6. The Hall–Kier alpha value is -4.86. The number of hydrogen-bond acceptors (Lipinski definition) is 9. The summed E-state index contributed by atoms with van der Waals surface area (Å²) in [5.41, 5.74) is 2.57. The summed E-state index contributed by atoms with van der Waals surface area (Å²) in [6.45, 7) is 11.5. The van der Waals surface area contributed by atoms with Crippen LogP contribution >= 0.6 is 0 Å². The Kier molecular flexibility index (Phi) is 7.07. The fourth-order valence-electron chi connectivity index (χ4n) is 6.19. The van der Waals surface area contributed by atoms with Crippen molar-refractivity contribution in [1.29, 1.82) is 0 Å². The number of hydrogen-bond donors (Lipinski definition) is 0. The molecule has 43 heavy (non-hydrogen) atoms. The minimum atomic E-state index is -1.41. The van der Waals surface area contributed by atoms with Gasteiger partial charge in [-0.1, -0.05) is 0 Å². The predicted octanol–water partition coefficient (Wildman–Crippen LogP) is 5.17. The Morgan fingerprint density at radius 2 is 1.30 bits per heavy atom. The Labute approximate surface area is 249 Å². The lowest BCUT2D eigenvalue weighted by Gasteiger charge is -2.38. The van der Waals surface area contributed by atoms with Gasteiger partial charge in [-0.25, -0.2) is 9.59 Å². The molecule has 3 aromatic carbocycles. The number of carbonyl (C=O) groups is 4. The molecule has 0 saturated carbocycles. The third kappa shape index (κ3) is 4.40. The highest BCUT2D eigenvalue weighted by atomic mass is 16.7. The Morgan fingerprint density at radius 1 is 0.767 bits per heavy atom. The number of fused-ring (bicyclic) bond motifs is 6. The summed E-state index contributed by atoms with van der Waals surface area (Å²) in [7, 11) is 0. The number of anilines is 2. The first kappa shape index (κ1) is 28.3. The molecule has 1 fully saturated rings. The van der Waals surface area contributed by atoms with E-state index in [1.54, 1.807) is 6.07 Å². The summed E-state index contributed by atoms with van der Waals surface area (Å²) in [5.74, 6) is -1.50. The lowest BCUT2D eigenvalue weighted by molar-refractivity contribution is -0.172. The topological polar surface area (TPSA) is 106 Å². The van der Waals surface area contributed by atoms with E-state index in [9.17, 15) is 19.2 Å². The number of amides is 2. The molecule has 3 aromatic rings. The first-order valence-corrected chi connectivity index (χ1v) is 14.7. The average Bonchev–Trinajstić information content (AvgIpc) is 3.49. The van der Waals surface area contributed by atoms with Gasteiger partial charge in [0.05, 0.1) is 11.1 Å². The van der Waals surface area contributed by atoms with E-state index in [0.29, 0.717) is 38.8 Å². The maximum atomic E-state index is 13.4. The molecule has 6 rings (SSSR count). The van der Waals surface area contributed by atoms with E-state index in [4.69, 9.17) is 14.3 Å². The highest BCUT2D eigenvalue weighted by Crippen LogP contribution is 2.57. The quantitative estimate of drug-likeness (QED) is 0.262. The molecule has 0 N–H and O–H groups in total. The second kappa shape index (κ2) is 10.8. The van der Waals surface area contributed by atoms with Crippen molar-refractivity contribution in [3.63, 3.8) is 0 Å². The molecule has 0 bridgehead atoms. The molecule has 10 heteroatoms. The van der Waals surface area contributed by atoms with Gasteiger partial charge in [-0.2, -0.15) is 0 Å². The fourth-order valence-corrected chi connectivity index (χ4v) is 6.19. The number of esters is 1. The van der Waals surface area contributed by atoms with Gasteiger partial charge in [-0.15, -0.1) is 5.06 Å². The lowest BCUT2D eigenvalue weighted by Crippen LogP contribution is -2.34. The van der Waals surface area contributed by atoms with Crippen LogP contribution in [-0.4, -0.2) is 55.0 Å². The molecule has 0 aromatic heterocycles. The van der Waals surface area contributed by atoms with Crippen molar-refractivity contribution in [3.8, 4) is 11.5 Å². The summed E-state index contributed by atoms with van der Waals surface area (Å²) in [6, 6.07) is 16.1. The van der Waals surface area contributed by atoms with Gasteiger partial charge < -0.3 is 24.1 Å². The number of nitrogens with zero attached hydrogens (tertiary/aromatic N) is 3. The third-order valence-corrected chi connectivity index (χ3v) is 8.45. The average molecular weight is 584 g/mol. The van der Waals surface area contributed by atoms with Crippen molar-refractivity contribution in [1.82, 2.24) is 5.06 Å². The summed E-state index contributed by atoms with van der Waals surface area (Å²) in [5, 5.41) is 0.509. The van der Waals surface area contributed by atoms with Crippen LogP contribution in [0.5, 0.6) is 11.5 Å². The fraction of sp³-hybridized carbons (Fsp3) is 0.333. The molecule has 3 aliphatic rings. The number of carbonyl (C=O) groups excluding carboxylic acids is 4. The summed E-state index contributed by atoms with van der Waals surface area (Å²) in [6.07, 6.45) is -0.0272. The van der Waals surface area contributed by atoms with Gasteiger partial charge >= 0.3 is 11.9 Å². The van der Waals surface area contributed by atoms with E-state index in [-0.39, 0.29) is 18.4 Å². The molecule has 0 aliphatic carbocycles. The number of ether oxygens (including phenoxy) is 2. The van der Waals surface area contributed by atoms with E-state index < -0.39 is 29.4 Å². The Bertz CT molecular complexity index is 1580. The van der Waals surface area contributed by atoms with Gasteiger partial charge in [0.25, 0.3) is 11.8 Å². The highest BCUT2D eigenvalue weighted by molar-refractivity contribution is 6.03. The zero-order chi connectivity index (χ0) is 30.5. The Balaban J connectivity index is 1.53. The molecule has 222 valence electrons. The zero-order valence-corrected chi connectivity index (χ0v) is 24.6. The SMILES string of the molecule is CCN(CC)c1ccc2c(c1)Oc1cc(N(CC)CC)ccc1C21OC(=O)c2ccc(C(=O)ON3C(=O)CCC3=O)cc21. The first-order chi connectivity index (χ1) is 20.7. The van der Waals surface area contributed by atoms with E-state index >= 15 is 0 Å². The second-order valence-corrected chi connectivity index (χ2v) is 10.6. The maximum Gasteiger partial charge on any atom is 0.363 e. The van der Waals surface area contributed by atoms with Crippen molar-refractivity contribution in [2.24, 2.45) is 0 Å². The van der Waals surface area contributed by atoms with E-state index in [1.165, 1.54) is 12.1 Å². The second-order valence-electron chi connectivity index (χ2n) is 10.6. The summed E-state index contributed by atoms with van der Waals surface area (Å²) < 4.78 is 12.9. The molecular weight excluding hydrogens is 550 g/mol. The molecule has 2 amide bonds. The van der Waals surface area contributed by atoms with Crippen LogP contribution in [-0.2, 0) is 24.8 Å². The van der Waals surface area contributed by atoms with Gasteiger partial charge in [-0.3, -0.25) is 9.59 Å². The van der Waals surface area contributed by atoms with Crippen molar-refractivity contribution < 1.29 is 33.5 Å². The highest BCUT2D eigenvalue weighted by Gasteiger charge is 2.54. The maximum absolute atomic E-state index is 13.4. The van der Waals surface area contributed by atoms with Crippen LogP contribution in [0.15, 0.2) is 54.6 Å². The van der Waals surface area contributed by atoms with Gasteiger partial charge in [0, 0.05) is 79.2 Å². The van der Waals surface area contributed by atoms with E-state index in [2.05, 4.69) is 37.5 Å². The van der Waals surface area contributed by atoms with Crippen molar-refractivity contribution >= 4 is 35.1 Å². The molecule has 3 aliphatic heterocycles. The van der Waals surface area contributed by atoms with Crippen LogP contribution < -0.4 is 14.5 Å². The summed E-state index contributed by atoms with van der Waals surface area (Å²) >= 11 is 0. The first-order valence-electron chi connectivity index (χ1n) is 14.7. The minimum absolute atomic E-state index is 0.0136. The van der Waals surface area contributed by atoms with Crippen LogP contribution in [0.2, 0.25) is 0 Å². The number of benzene rings is 3. The smallest absolute Gasteiger partial charge is 0.363 e. The van der Waals surface area contributed by atoms with Gasteiger partial charge in [-0.05, 0) is 70.2 Å². The van der Waals surface area contributed by atoms with Crippen molar-refractivity contribution in [2.45, 2.75) is 46.1 Å². The van der Waals surface area contributed by atoms with Crippen LogP contribution in [0.1, 0.15) is 77.9 Å². The Morgan fingerprint density at radius 3 is 1.81 bits per heavy atom. The molecule has 10 nitrogen and oxygen atoms in total. The number of hydroxylamine groups is 2. The van der Waals surface area contributed by atoms with Crippen LogP contribution in [0.25, 0.3) is 0 Å². The van der Waals surface area contributed by atoms with Crippen LogP contribution in [0.3, 0.4) is 0 Å². The lowest BCUT2D eigenvalue weighted by atomic mass is 9.77. The van der Waals surface area contributed by atoms with Crippen molar-refractivity contribution in [2.75, 3.05) is 36.0 Å². The van der Waals surface area contributed by atoms with Crippen LogP contribution in [0.4, 0.5) is 11.4 Å². The molecule has 0 radical (unpaired) electrons. The van der Waals surface area contributed by atoms with Crippen molar-refractivity contribution in [3.05, 3.63) is 82.4 Å². The van der Waals surface area contributed by atoms with Gasteiger partial charge in [0.2, 0.25) is 0 Å². The van der Waals surface area contributed by atoms with Crippen LogP contribution in [0, 0.1) is 0 Å². The van der Waals surface area contributed by atoms with Gasteiger partial charge in [0.15, 0.2) is 5.60 Å².